The molecule has 0 radical (unpaired) electrons. The normalized spacial score (nSPS) is 20.7. The number of amides is 5. The Bertz CT molecular complexity index is 4000. The number of nitrogens with zero attached hydrogens (tertiary/aromatic N) is 3. The highest BCUT2D eigenvalue weighted by Gasteiger charge is 2.39. The summed E-state index contributed by atoms with van der Waals surface area (Å²) in [5.41, 5.74) is 23.8. The Morgan fingerprint density at radius 1 is 0.446 bits per heavy atom. The van der Waals surface area contributed by atoms with Crippen molar-refractivity contribution in [1.82, 2.24) is 45.3 Å². The summed E-state index contributed by atoms with van der Waals surface area (Å²) in [7, 11) is 10.7. The van der Waals surface area contributed by atoms with Gasteiger partial charge in [0.25, 0.3) is 0 Å². The largest absolute Gasteiger partial charge is 0.481 e. The maximum absolute atomic E-state index is 12.7. The van der Waals surface area contributed by atoms with Gasteiger partial charge in [-0.15, -0.1) is 0 Å². The highest BCUT2D eigenvalue weighted by Crippen LogP contribution is 2.43. The summed E-state index contributed by atoms with van der Waals surface area (Å²) in [5.74, 6) is -1.25. The lowest BCUT2D eigenvalue weighted by molar-refractivity contribution is -0.142. The number of halogens is 4. The topological polar surface area (TPSA) is 290 Å². The molecule has 0 bridgehead atoms. The van der Waals surface area contributed by atoms with Crippen molar-refractivity contribution >= 4 is 143 Å². The first-order valence-electron chi connectivity index (χ1n) is 30.7. The fourth-order valence-corrected chi connectivity index (χ4v) is 14.5. The molecular weight excluding hydrogens is 1430 g/mol. The Morgan fingerprint density at radius 3 is 0.989 bits per heavy atom. The molecule has 20 nitrogen and oxygen atoms in total. The van der Waals surface area contributed by atoms with Crippen LogP contribution in [0.25, 0.3) is 43.6 Å². The van der Waals surface area contributed by atoms with Crippen LogP contribution in [0.5, 0.6) is 0 Å². The van der Waals surface area contributed by atoms with Crippen LogP contribution in [0.1, 0.15) is 136 Å². The number of aromatic nitrogens is 4. The third-order valence-electron chi connectivity index (χ3n) is 17.1. The Labute approximate surface area is 569 Å². The van der Waals surface area contributed by atoms with Gasteiger partial charge >= 0.3 is 18.2 Å². The molecule has 11 N–H and O–H groups in total. The minimum Gasteiger partial charge on any atom is -0.481 e. The van der Waals surface area contributed by atoms with Crippen molar-refractivity contribution in [3.63, 3.8) is 0 Å². The number of fused-ring (bicyclic) bond motifs is 12. The summed E-state index contributed by atoms with van der Waals surface area (Å²) in [6.07, 6.45) is 3.87. The zero-order chi connectivity index (χ0) is 67.2. The van der Waals surface area contributed by atoms with Crippen LogP contribution in [-0.2, 0) is 54.3 Å². The van der Waals surface area contributed by atoms with Gasteiger partial charge in [-0.2, -0.15) is 0 Å². The van der Waals surface area contributed by atoms with Gasteiger partial charge in [0.1, 0.15) is 11.2 Å². The third-order valence-corrected chi connectivity index (χ3v) is 19.0. The van der Waals surface area contributed by atoms with Crippen LogP contribution < -0.4 is 22.1 Å². The molecule has 0 fully saturated rings. The number of rotatable bonds is 6. The first-order valence-corrected chi connectivity index (χ1v) is 33.9. The van der Waals surface area contributed by atoms with Crippen molar-refractivity contribution in [2.75, 3.05) is 42.3 Å². The number of nitrogens with two attached hydrogens (primary N) is 2. The van der Waals surface area contributed by atoms with Crippen LogP contribution in [0.2, 0.25) is 0 Å². The van der Waals surface area contributed by atoms with Crippen molar-refractivity contribution in [1.29, 1.82) is 0 Å². The molecule has 492 valence electrons. The Balaban J connectivity index is 0.000000146. The minimum absolute atomic E-state index is 0.0227. The maximum atomic E-state index is 12.7. The zero-order valence-corrected chi connectivity index (χ0v) is 60.3. The molecule has 4 aromatic heterocycles. The molecule has 4 aliphatic carbocycles. The molecule has 8 unspecified atom stereocenters. The van der Waals surface area contributed by atoms with Gasteiger partial charge in [-0.1, -0.05) is 63.7 Å². The summed E-state index contributed by atoms with van der Waals surface area (Å²) in [4.78, 5) is 91.8. The number of carboxylic acid groups (broad SMARTS) is 1. The third kappa shape index (κ3) is 16.1. The summed E-state index contributed by atoms with van der Waals surface area (Å²) in [6.45, 7) is 10.9. The highest BCUT2D eigenvalue weighted by molar-refractivity contribution is 9.11. The molecule has 8 atom stereocenters. The first-order chi connectivity index (χ1) is 43.1. The van der Waals surface area contributed by atoms with Crippen LogP contribution >= 0.6 is 63.7 Å². The van der Waals surface area contributed by atoms with Gasteiger partial charge in [-0.25, -0.2) is 9.59 Å². The smallest absolute Gasteiger partial charge is 0.408 e. The van der Waals surface area contributed by atoms with E-state index < -0.39 is 41.3 Å². The number of alkyl carbamates (subject to hydrolysis) is 2. The van der Waals surface area contributed by atoms with Crippen molar-refractivity contribution in [2.45, 2.75) is 128 Å². The average molecular weight is 1520 g/mol. The number of hydrogen-bond donors (Lipinski definition) is 9. The number of ether oxygens (including phenoxy) is 2. The van der Waals surface area contributed by atoms with Gasteiger partial charge in [0.2, 0.25) is 17.7 Å². The van der Waals surface area contributed by atoms with Gasteiger partial charge < -0.3 is 71.3 Å². The zero-order valence-electron chi connectivity index (χ0n) is 53.9. The van der Waals surface area contributed by atoms with Gasteiger partial charge in [-0.05, 0) is 188 Å². The Morgan fingerprint density at radius 2 is 0.707 bits per heavy atom. The second kappa shape index (κ2) is 28.1. The van der Waals surface area contributed by atoms with Gasteiger partial charge in [-0.3, -0.25) is 19.2 Å². The SMILES string of the molecule is CC(C)(C)OC(=O)NC1CC(C(=O)O)Cc2c1[nH]c1ccc(Br)cc21.CN(C)C(=O)C1Cc2c([nH]c3ccc(Br)cc23)C(N)C1.CN(C)C(=O)C1Cc2c([nH]c3ccc(Br)cc23)C(N)C1.CN(C)C(=O)C1Cc2c([nH]c3ccc(Br)cc23)C(NC(=O)OC(C)(C)C)C1. The van der Waals surface area contributed by atoms with E-state index in [1.165, 1.54) is 21.9 Å². The Hall–Kier alpha value is -6.70. The monoisotopic (exact) mass is 1510 g/mol. The molecule has 24 heteroatoms. The van der Waals surface area contributed by atoms with E-state index in [0.717, 1.165) is 97.5 Å². The summed E-state index contributed by atoms with van der Waals surface area (Å²) >= 11 is 14.0. The van der Waals surface area contributed by atoms with E-state index in [2.05, 4.69) is 112 Å². The molecule has 4 aromatic carbocycles. The maximum Gasteiger partial charge on any atom is 0.408 e. The molecule has 0 spiro atoms. The van der Waals surface area contributed by atoms with E-state index in [1.807, 2.05) is 75.4 Å². The predicted octanol–water partition coefficient (Wildman–Crippen LogP) is 13.5. The molecule has 12 rings (SSSR count). The fourth-order valence-electron chi connectivity index (χ4n) is 13.1. The lowest BCUT2D eigenvalue weighted by Gasteiger charge is -2.31. The van der Waals surface area contributed by atoms with Crippen molar-refractivity contribution < 1.29 is 43.3 Å². The number of aliphatic carboxylic acids is 1. The van der Waals surface area contributed by atoms with Crippen molar-refractivity contribution in [3.05, 3.63) is 136 Å². The van der Waals surface area contributed by atoms with Gasteiger partial charge in [0.15, 0.2) is 0 Å². The van der Waals surface area contributed by atoms with Gasteiger partial charge in [0.05, 0.1) is 18.0 Å². The second-order valence-electron chi connectivity index (χ2n) is 27.0. The number of nitrogens with one attached hydrogen (secondary N) is 6. The lowest BCUT2D eigenvalue weighted by Crippen LogP contribution is -2.41. The van der Waals surface area contributed by atoms with Crippen LogP contribution in [0.4, 0.5) is 9.59 Å². The van der Waals surface area contributed by atoms with E-state index >= 15 is 0 Å². The molecule has 4 aliphatic rings. The van der Waals surface area contributed by atoms with E-state index in [1.54, 1.807) is 77.8 Å². The molecule has 92 heavy (non-hydrogen) atoms. The molecule has 4 heterocycles. The van der Waals surface area contributed by atoms with Crippen molar-refractivity contribution in [2.24, 2.45) is 35.1 Å². The lowest BCUT2D eigenvalue weighted by atomic mass is 9.82. The van der Waals surface area contributed by atoms with E-state index in [9.17, 15) is 33.9 Å². The van der Waals surface area contributed by atoms with Crippen LogP contribution in [-0.4, -0.2) is 129 Å². The number of carbonyl (C=O) groups is 6. The molecular formula is C68H83Br4N11O9. The number of H-pyrrole nitrogens is 4. The second-order valence-corrected chi connectivity index (χ2v) is 30.7. The van der Waals surface area contributed by atoms with Crippen LogP contribution in [0, 0.1) is 23.7 Å². The first kappa shape index (κ1) is 69.6. The number of hydrogen-bond acceptors (Lipinski definition) is 10. The van der Waals surface area contributed by atoms with Crippen LogP contribution in [0.3, 0.4) is 0 Å². The van der Waals surface area contributed by atoms with Gasteiger partial charge in [0, 0.05) is 156 Å². The highest BCUT2D eigenvalue weighted by atomic mass is 79.9. The van der Waals surface area contributed by atoms with Crippen molar-refractivity contribution in [3.8, 4) is 0 Å². The molecule has 8 aromatic rings. The average Bonchev–Trinajstić information content (AvgIpc) is 1.66. The van der Waals surface area contributed by atoms with E-state index in [4.69, 9.17) is 20.9 Å². The number of aromatic amines is 4. The number of carboxylic acids is 1. The summed E-state index contributed by atoms with van der Waals surface area (Å²) in [5, 5.41) is 19.7. The predicted molar refractivity (Wildman–Crippen MR) is 373 cm³/mol. The van der Waals surface area contributed by atoms with E-state index in [-0.39, 0.29) is 53.6 Å². The van der Waals surface area contributed by atoms with Crippen LogP contribution in [0.15, 0.2) is 90.7 Å². The minimum atomic E-state index is -0.856. The number of benzene rings is 4. The molecule has 0 saturated carbocycles. The standard InChI is InChI=1S/C20H26BrN3O3.C18H21BrN2O4.2C15H18BrN3O/c1-20(2,3)27-19(26)23-16-9-11(18(25)24(4)5)8-14-13-10-12(21)6-7-15(13)22-17(14)16;1-18(2,3)25-17(24)21-14-7-9(16(22)23)6-12-11-8-10(19)4-5-13(11)20-15(12)14;2*1-19(2)15(20)8-5-11-10-7-9(16)3-4-13(10)18-14(11)12(17)6-8/h6-7,10-11,16,22H,8-9H2,1-5H3,(H,23,26);4-5,8-9,14,20H,6-7H2,1-3H3,(H,21,24)(H,22,23);2*3-4,7-8,12,18H,5-6,17H2,1-2H3. The van der Waals surface area contributed by atoms with E-state index in [0.29, 0.717) is 38.5 Å². The Kier molecular flexibility index (Phi) is 21.3. The molecule has 0 aliphatic heterocycles. The molecule has 0 saturated heterocycles. The quantitative estimate of drug-likeness (QED) is 0.0754. The number of carbonyl (C=O) groups excluding carboxylic acids is 5. The molecule has 5 amide bonds. The summed E-state index contributed by atoms with van der Waals surface area (Å²) < 4.78 is 14.7. The summed E-state index contributed by atoms with van der Waals surface area (Å²) in [6, 6.07) is 23.3. The fraction of sp³-hybridized carbons (Fsp3) is 0.441.